The lowest BCUT2D eigenvalue weighted by molar-refractivity contribution is 0.147. The number of nitriles is 1. The van der Waals surface area contributed by atoms with E-state index in [1.54, 1.807) is 6.07 Å². The maximum absolute atomic E-state index is 11.8. The summed E-state index contributed by atoms with van der Waals surface area (Å²) in [6.45, 7) is 0. The molecular weight excluding hydrogens is 164 g/mol. The molecule has 0 atom stereocenters. The topological polar surface area (TPSA) is 49.6 Å². The Balaban J connectivity index is 2.81. The van der Waals surface area contributed by atoms with Crippen LogP contribution in [-0.4, -0.2) is 16.4 Å². The normalized spacial score (nSPS) is 9.83. The molecule has 0 aliphatic rings. The van der Waals surface area contributed by atoms with Gasteiger partial charge in [0.05, 0.1) is 18.3 Å². The van der Waals surface area contributed by atoms with E-state index in [9.17, 15) is 8.78 Å². The van der Waals surface area contributed by atoms with Gasteiger partial charge in [-0.15, -0.1) is 0 Å². The molecule has 1 aromatic heterocycles. The molecule has 0 fully saturated rings. The lowest BCUT2D eigenvalue weighted by atomic mass is 10.3. The van der Waals surface area contributed by atoms with Crippen molar-refractivity contribution in [1.29, 1.82) is 5.26 Å². The number of alkyl halides is 2. The van der Waals surface area contributed by atoms with Crippen molar-refractivity contribution in [3.63, 3.8) is 0 Å². The Morgan fingerprint density at radius 2 is 2.25 bits per heavy atom. The Labute approximate surface area is 67.7 Å². The second kappa shape index (κ2) is 3.72. The van der Waals surface area contributed by atoms with Gasteiger partial charge >= 0.3 is 0 Å². The van der Waals surface area contributed by atoms with E-state index in [1.165, 1.54) is 12.4 Å². The van der Waals surface area contributed by atoms with Crippen LogP contribution in [0.25, 0.3) is 0 Å². The van der Waals surface area contributed by atoms with Crippen LogP contribution in [0.1, 0.15) is 11.4 Å². The summed E-state index contributed by atoms with van der Waals surface area (Å²) in [5.74, 6) is 0. The van der Waals surface area contributed by atoms with Gasteiger partial charge in [-0.25, -0.2) is 13.8 Å². The van der Waals surface area contributed by atoms with Crippen molar-refractivity contribution in [3.8, 4) is 6.07 Å². The number of halogens is 2. The van der Waals surface area contributed by atoms with Crippen LogP contribution in [0.15, 0.2) is 12.4 Å². The molecule has 0 aliphatic heterocycles. The third-order valence-corrected chi connectivity index (χ3v) is 1.16. The molecule has 1 aromatic rings. The highest BCUT2D eigenvalue weighted by molar-refractivity contribution is 5.17. The standard InChI is InChI=1S/C7H5F2N3/c8-7(9)1-5-3-11-4-6(2-10)12-5/h3-4,7H,1H2. The van der Waals surface area contributed by atoms with Crippen molar-refractivity contribution < 1.29 is 8.78 Å². The van der Waals surface area contributed by atoms with Gasteiger partial charge in [0.15, 0.2) is 5.69 Å². The van der Waals surface area contributed by atoms with E-state index in [1.807, 2.05) is 0 Å². The highest BCUT2D eigenvalue weighted by atomic mass is 19.3. The summed E-state index contributed by atoms with van der Waals surface area (Å²) in [4.78, 5) is 7.22. The summed E-state index contributed by atoms with van der Waals surface area (Å²) in [6.07, 6.45) is -0.446. The summed E-state index contributed by atoms with van der Waals surface area (Å²) in [6, 6.07) is 1.72. The highest BCUT2D eigenvalue weighted by Gasteiger charge is 2.06. The first kappa shape index (κ1) is 8.53. The smallest absolute Gasteiger partial charge is 0.244 e. The largest absolute Gasteiger partial charge is 0.260 e. The predicted octanol–water partition coefficient (Wildman–Crippen LogP) is 1.16. The zero-order chi connectivity index (χ0) is 8.97. The van der Waals surface area contributed by atoms with Crippen LogP contribution in [0.5, 0.6) is 0 Å². The third-order valence-electron chi connectivity index (χ3n) is 1.16. The first-order chi connectivity index (χ1) is 5.72. The van der Waals surface area contributed by atoms with E-state index >= 15 is 0 Å². The van der Waals surface area contributed by atoms with Crippen LogP contribution >= 0.6 is 0 Å². The lowest BCUT2D eigenvalue weighted by Crippen LogP contribution is -2.01. The van der Waals surface area contributed by atoms with E-state index in [-0.39, 0.29) is 11.4 Å². The summed E-state index contributed by atoms with van der Waals surface area (Å²) in [7, 11) is 0. The van der Waals surface area contributed by atoms with Gasteiger partial charge in [-0.05, 0) is 0 Å². The molecule has 5 heteroatoms. The molecule has 3 nitrogen and oxygen atoms in total. The van der Waals surface area contributed by atoms with Gasteiger partial charge in [-0.2, -0.15) is 5.26 Å². The maximum atomic E-state index is 11.8. The zero-order valence-corrected chi connectivity index (χ0v) is 6.04. The zero-order valence-electron chi connectivity index (χ0n) is 6.04. The van der Waals surface area contributed by atoms with Crippen molar-refractivity contribution in [2.75, 3.05) is 0 Å². The van der Waals surface area contributed by atoms with E-state index in [2.05, 4.69) is 9.97 Å². The molecule has 62 valence electrons. The van der Waals surface area contributed by atoms with Crippen molar-refractivity contribution >= 4 is 0 Å². The maximum Gasteiger partial charge on any atom is 0.244 e. The van der Waals surface area contributed by atoms with Gasteiger partial charge in [-0.3, -0.25) is 4.98 Å². The number of aromatic nitrogens is 2. The van der Waals surface area contributed by atoms with Crippen LogP contribution < -0.4 is 0 Å². The van der Waals surface area contributed by atoms with Crippen molar-refractivity contribution in [1.82, 2.24) is 9.97 Å². The average molecular weight is 169 g/mol. The van der Waals surface area contributed by atoms with Gasteiger partial charge in [0.25, 0.3) is 0 Å². The molecule has 0 saturated carbocycles. The van der Waals surface area contributed by atoms with Gasteiger partial charge in [0.2, 0.25) is 6.43 Å². The Kier molecular flexibility index (Phi) is 2.64. The fourth-order valence-electron chi connectivity index (χ4n) is 0.717. The second-order valence-corrected chi connectivity index (χ2v) is 2.10. The average Bonchev–Trinajstić information content (AvgIpc) is 2.03. The first-order valence-corrected chi connectivity index (χ1v) is 3.21. The lowest BCUT2D eigenvalue weighted by Gasteiger charge is -1.97. The summed E-state index contributed by atoms with van der Waals surface area (Å²) < 4.78 is 23.6. The highest BCUT2D eigenvalue weighted by Crippen LogP contribution is 2.03. The summed E-state index contributed by atoms with van der Waals surface area (Å²) in [5.41, 5.74) is 0.206. The van der Waals surface area contributed by atoms with E-state index in [0.717, 1.165) is 0 Å². The third kappa shape index (κ3) is 2.23. The number of nitrogens with zero attached hydrogens (tertiary/aromatic N) is 3. The van der Waals surface area contributed by atoms with Crippen LogP contribution in [0.4, 0.5) is 8.78 Å². The summed E-state index contributed by atoms with van der Waals surface area (Å²) >= 11 is 0. The molecule has 0 saturated heterocycles. The van der Waals surface area contributed by atoms with Crippen LogP contribution in [0, 0.1) is 11.3 Å². The SMILES string of the molecule is N#Cc1cncc(CC(F)F)n1. The Morgan fingerprint density at radius 3 is 2.83 bits per heavy atom. The van der Waals surface area contributed by atoms with Crippen molar-refractivity contribution in [3.05, 3.63) is 23.8 Å². The van der Waals surface area contributed by atoms with Crippen LogP contribution in [0.2, 0.25) is 0 Å². The molecule has 0 spiro atoms. The van der Waals surface area contributed by atoms with Crippen molar-refractivity contribution in [2.45, 2.75) is 12.8 Å². The quantitative estimate of drug-likeness (QED) is 0.667. The minimum absolute atomic E-state index is 0.0631. The van der Waals surface area contributed by atoms with E-state index in [4.69, 9.17) is 5.26 Å². The van der Waals surface area contributed by atoms with E-state index in [0.29, 0.717) is 0 Å². The monoisotopic (exact) mass is 169 g/mol. The van der Waals surface area contributed by atoms with Gasteiger partial charge < -0.3 is 0 Å². The predicted molar refractivity (Wildman–Crippen MR) is 36.5 cm³/mol. The Hall–Kier alpha value is -1.57. The molecule has 0 radical (unpaired) electrons. The van der Waals surface area contributed by atoms with Gasteiger partial charge in [-0.1, -0.05) is 0 Å². The minimum atomic E-state index is -2.45. The van der Waals surface area contributed by atoms with Crippen molar-refractivity contribution in [2.24, 2.45) is 0 Å². The minimum Gasteiger partial charge on any atom is -0.260 e. The molecule has 0 bridgehead atoms. The molecule has 0 aromatic carbocycles. The molecular formula is C7H5F2N3. The molecule has 0 unspecified atom stereocenters. The molecule has 0 aliphatic carbocycles. The number of hydrogen-bond donors (Lipinski definition) is 0. The Bertz CT molecular complexity index is 306. The first-order valence-electron chi connectivity index (χ1n) is 3.21. The van der Waals surface area contributed by atoms with Crippen LogP contribution in [-0.2, 0) is 6.42 Å². The molecule has 1 heterocycles. The number of rotatable bonds is 2. The van der Waals surface area contributed by atoms with Gasteiger partial charge in [0, 0.05) is 6.20 Å². The Morgan fingerprint density at radius 1 is 1.50 bits per heavy atom. The number of hydrogen-bond acceptors (Lipinski definition) is 3. The molecule has 1 rings (SSSR count). The summed E-state index contributed by atoms with van der Waals surface area (Å²) in [5, 5.41) is 8.36. The molecule has 0 N–H and O–H groups in total. The van der Waals surface area contributed by atoms with E-state index < -0.39 is 12.8 Å². The molecule has 0 amide bonds. The fraction of sp³-hybridized carbons (Fsp3) is 0.286. The van der Waals surface area contributed by atoms with Crippen LogP contribution in [0.3, 0.4) is 0 Å². The molecule has 12 heavy (non-hydrogen) atoms. The van der Waals surface area contributed by atoms with Gasteiger partial charge in [0.1, 0.15) is 6.07 Å². The fourth-order valence-corrected chi connectivity index (χ4v) is 0.717. The second-order valence-electron chi connectivity index (χ2n) is 2.10.